The molecule has 1 aromatic rings. The quantitative estimate of drug-likeness (QED) is 0.669. The van der Waals surface area contributed by atoms with Crippen LogP contribution in [0, 0.1) is 11.8 Å². The second-order valence-corrected chi connectivity index (χ2v) is 8.82. The first kappa shape index (κ1) is 19.9. The summed E-state index contributed by atoms with van der Waals surface area (Å²) >= 11 is 0. The second kappa shape index (κ2) is 8.14. The largest absolute Gasteiger partial charge is 0.329 e. The van der Waals surface area contributed by atoms with Crippen molar-refractivity contribution < 1.29 is 19.3 Å². The third-order valence-electron chi connectivity index (χ3n) is 6.99. The van der Waals surface area contributed by atoms with Gasteiger partial charge in [-0.3, -0.25) is 9.59 Å². The molecule has 156 valence electrons. The normalized spacial score (nSPS) is 32.3. The molecule has 0 bridgehead atoms. The van der Waals surface area contributed by atoms with Crippen molar-refractivity contribution in [3.8, 4) is 0 Å². The van der Waals surface area contributed by atoms with E-state index in [2.05, 4.69) is 17.6 Å². The lowest BCUT2D eigenvalue weighted by molar-refractivity contribution is -0.912. The van der Waals surface area contributed by atoms with Crippen LogP contribution >= 0.6 is 0 Å². The monoisotopic (exact) mass is 399 g/mol. The second-order valence-electron chi connectivity index (χ2n) is 8.82. The minimum Gasteiger partial charge on any atom is -0.326 e. The highest BCUT2D eigenvalue weighted by Crippen LogP contribution is 2.37. The van der Waals surface area contributed by atoms with Crippen LogP contribution in [0.3, 0.4) is 0 Å². The minimum atomic E-state index is -0.692. The van der Waals surface area contributed by atoms with Gasteiger partial charge in [0, 0.05) is 24.4 Å². The van der Waals surface area contributed by atoms with Crippen LogP contribution in [0.1, 0.15) is 45.4 Å². The van der Waals surface area contributed by atoms with E-state index >= 15 is 0 Å². The summed E-state index contributed by atoms with van der Waals surface area (Å²) < 4.78 is 0. The van der Waals surface area contributed by atoms with Crippen molar-refractivity contribution in [2.75, 3.05) is 25.1 Å². The average Bonchev–Trinajstić information content (AvgIpc) is 2.96. The minimum absolute atomic E-state index is 0.0215. The fourth-order valence-electron chi connectivity index (χ4n) is 5.07. The topological polar surface area (TPSA) is 82.9 Å². The first-order valence-corrected chi connectivity index (χ1v) is 10.8. The van der Waals surface area contributed by atoms with E-state index in [9.17, 15) is 14.4 Å². The Labute approximate surface area is 171 Å². The summed E-state index contributed by atoms with van der Waals surface area (Å²) in [6, 6.07) is 9.25. The predicted octanol–water partition coefficient (Wildman–Crippen LogP) is 1.38. The highest BCUT2D eigenvalue weighted by Gasteiger charge is 2.55. The average molecular weight is 400 g/mol. The fraction of sp³-hybridized carbons (Fsp3) is 0.591. The van der Waals surface area contributed by atoms with Crippen LogP contribution in [-0.2, 0) is 9.59 Å². The van der Waals surface area contributed by atoms with Gasteiger partial charge in [0.25, 0.3) is 5.91 Å². The molecule has 0 radical (unpaired) electrons. The molecule has 1 saturated carbocycles. The van der Waals surface area contributed by atoms with Crippen molar-refractivity contribution in [1.82, 2.24) is 10.2 Å². The van der Waals surface area contributed by atoms with Gasteiger partial charge >= 0.3 is 6.03 Å². The smallest absolute Gasteiger partial charge is 0.326 e. The number of hydrogen-bond donors (Lipinski definition) is 3. The molecule has 2 atom stereocenters. The molecule has 1 spiro atoms. The Morgan fingerprint density at radius 3 is 2.59 bits per heavy atom. The molecule has 7 nitrogen and oxygen atoms in total. The molecule has 7 heteroatoms. The Bertz CT molecular complexity index is 776. The summed E-state index contributed by atoms with van der Waals surface area (Å²) in [4.78, 5) is 40.8. The molecule has 2 heterocycles. The number of carbonyl (C=O) groups excluding carboxylic acids is 3. The molecule has 1 aliphatic carbocycles. The molecule has 3 fully saturated rings. The van der Waals surface area contributed by atoms with Crippen LogP contribution < -0.4 is 15.5 Å². The lowest BCUT2D eigenvalue weighted by Gasteiger charge is -2.37. The number of para-hydroxylation sites is 1. The summed E-state index contributed by atoms with van der Waals surface area (Å²) in [5.74, 6) is 0.165. The number of urea groups is 1. The van der Waals surface area contributed by atoms with E-state index < -0.39 is 5.54 Å². The molecule has 3 aliphatic rings. The van der Waals surface area contributed by atoms with E-state index in [1.54, 1.807) is 0 Å². The third-order valence-corrected chi connectivity index (χ3v) is 6.99. The summed E-state index contributed by atoms with van der Waals surface area (Å²) in [6.45, 7) is 4.04. The number of nitrogens with one attached hydrogen (secondary N) is 3. The van der Waals surface area contributed by atoms with Crippen LogP contribution in [-0.4, -0.2) is 48.0 Å². The van der Waals surface area contributed by atoms with E-state index in [1.807, 2.05) is 30.3 Å². The lowest BCUT2D eigenvalue weighted by atomic mass is 9.73. The van der Waals surface area contributed by atoms with Crippen LogP contribution in [0.4, 0.5) is 10.5 Å². The number of quaternary nitrogens is 1. The summed E-state index contributed by atoms with van der Waals surface area (Å²) in [5.41, 5.74) is 0.126. The van der Waals surface area contributed by atoms with Gasteiger partial charge in [0.2, 0.25) is 5.91 Å². The Morgan fingerprint density at radius 1 is 1.17 bits per heavy atom. The Hall–Kier alpha value is -2.41. The van der Waals surface area contributed by atoms with Crippen molar-refractivity contribution in [3.63, 3.8) is 0 Å². The number of anilines is 1. The summed E-state index contributed by atoms with van der Waals surface area (Å²) in [5, 5.41) is 6.00. The van der Waals surface area contributed by atoms with Gasteiger partial charge in [-0.2, -0.15) is 0 Å². The zero-order valence-corrected chi connectivity index (χ0v) is 17.1. The maximum atomic E-state index is 13.1. The number of amides is 4. The number of likely N-dealkylation sites (tertiary alicyclic amines) is 1. The number of piperidine rings is 1. The number of benzene rings is 1. The van der Waals surface area contributed by atoms with Gasteiger partial charge in [-0.1, -0.05) is 38.0 Å². The molecule has 29 heavy (non-hydrogen) atoms. The molecular formula is C22H31N4O3+. The van der Waals surface area contributed by atoms with Crippen LogP contribution in [0.5, 0.6) is 0 Å². The van der Waals surface area contributed by atoms with E-state index in [0.29, 0.717) is 6.67 Å². The molecular weight excluding hydrogens is 368 g/mol. The molecule has 0 unspecified atom stereocenters. The van der Waals surface area contributed by atoms with Gasteiger partial charge in [-0.05, 0) is 30.9 Å². The van der Waals surface area contributed by atoms with Gasteiger partial charge in [-0.25, -0.2) is 9.69 Å². The van der Waals surface area contributed by atoms with Gasteiger partial charge in [-0.15, -0.1) is 0 Å². The van der Waals surface area contributed by atoms with Crippen molar-refractivity contribution in [3.05, 3.63) is 30.3 Å². The third kappa shape index (κ3) is 3.88. The highest BCUT2D eigenvalue weighted by atomic mass is 16.2. The maximum absolute atomic E-state index is 13.1. The van der Waals surface area contributed by atoms with Crippen LogP contribution in [0.2, 0.25) is 0 Å². The molecule has 2 aliphatic heterocycles. The molecule has 1 aromatic carbocycles. The summed E-state index contributed by atoms with van der Waals surface area (Å²) in [7, 11) is 0. The van der Waals surface area contributed by atoms with E-state index in [0.717, 1.165) is 57.3 Å². The lowest BCUT2D eigenvalue weighted by Crippen LogP contribution is -3.14. The predicted molar refractivity (Wildman–Crippen MR) is 109 cm³/mol. The van der Waals surface area contributed by atoms with Crippen LogP contribution in [0.25, 0.3) is 0 Å². The SMILES string of the molecule is C[C@@H]1CCCC[C@@]12NC(=O)N(C[NH+]1CCC(C(=O)Nc3ccccc3)CC1)C2=O. The van der Waals surface area contributed by atoms with Gasteiger partial charge in [0.15, 0.2) is 6.67 Å². The van der Waals surface area contributed by atoms with Crippen molar-refractivity contribution in [1.29, 1.82) is 0 Å². The van der Waals surface area contributed by atoms with Crippen molar-refractivity contribution in [2.45, 2.75) is 51.0 Å². The zero-order valence-electron chi connectivity index (χ0n) is 17.1. The molecule has 3 N–H and O–H groups in total. The van der Waals surface area contributed by atoms with Crippen molar-refractivity contribution >= 4 is 23.5 Å². The molecule has 4 rings (SSSR count). The zero-order chi connectivity index (χ0) is 20.4. The summed E-state index contributed by atoms with van der Waals surface area (Å²) in [6.07, 6.45) is 5.36. The fourth-order valence-corrected chi connectivity index (χ4v) is 5.07. The van der Waals surface area contributed by atoms with Crippen molar-refractivity contribution in [2.24, 2.45) is 11.8 Å². The number of rotatable bonds is 4. The Balaban J connectivity index is 1.31. The molecule has 4 amide bonds. The van der Waals surface area contributed by atoms with Gasteiger partial charge in [0.05, 0.1) is 13.1 Å². The Morgan fingerprint density at radius 2 is 1.90 bits per heavy atom. The number of carbonyl (C=O) groups is 3. The Kier molecular flexibility index (Phi) is 5.58. The first-order valence-electron chi connectivity index (χ1n) is 10.8. The standard InChI is InChI=1S/C22H30N4O3/c1-16-7-5-6-12-22(16)20(28)26(21(29)24-22)15-25-13-10-17(11-14-25)19(27)23-18-8-3-2-4-9-18/h2-4,8-9,16-17H,5-7,10-15H2,1H3,(H,23,27)(H,24,29)/p+1/t16-,22-/m1/s1. The van der Waals surface area contributed by atoms with Gasteiger partial charge < -0.3 is 15.5 Å². The van der Waals surface area contributed by atoms with E-state index in [1.165, 1.54) is 9.80 Å². The van der Waals surface area contributed by atoms with Crippen LogP contribution in [0.15, 0.2) is 30.3 Å². The number of nitrogens with zero attached hydrogens (tertiary/aromatic N) is 1. The first-order chi connectivity index (χ1) is 14.0. The molecule has 0 aromatic heterocycles. The maximum Gasteiger partial charge on any atom is 0.329 e. The van der Waals surface area contributed by atoms with E-state index in [-0.39, 0.29) is 29.7 Å². The van der Waals surface area contributed by atoms with Gasteiger partial charge in [0.1, 0.15) is 5.54 Å². The molecule has 2 saturated heterocycles. The highest BCUT2D eigenvalue weighted by molar-refractivity contribution is 6.07. The number of imide groups is 1. The van der Waals surface area contributed by atoms with E-state index in [4.69, 9.17) is 0 Å². The number of hydrogen-bond acceptors (Lipinski definition) is 3.